The maximum absolute atomic E-state index is 12.7. The lowest BCUT2D eigenvalue weighted by Crippen LogP contribution is -2.44. The van der Waals surface area contributed by atoms with Gasteiger partial charge in [0.15, 0.2) is 17.1 Å². The Hall–Kier alpha value is -4.46. The van der Waals surface area contributed by atoms with Crippen LogP contribution in [0.15, 0.2) is 23.3 Å². The number of aliphatic imine (C=N–C) groups is 1. The smallest absolute Gasteiger partial charge is 0.336 e. The van der Waals surface area contributed by atoms with Crippen LogP contribution in [-0.4, -0.2) is 102 Å². The number of carbonyl (C=O) groups is 3. The minimum absolute atomic E-state index is 0.207. The van der Waals surface area contributed by atoms with Gasteiger partial charge in [-0.1, -0.05) is 0 Å². The van der Waals surface area contributed by atoms with Gasteiger partial charge in [-0.15, -0.1) is 0 Å². The standard InChI is InChI=1S/C29H36N4O10/c1-6-42-22-10-16-17-9-15(43-24(36)13-29(39,27(37)38)12-23(34)35)7-8-20(17)31-25(18(16)11-21(22)40-4)19-14-30-28(33(2)3)32-26(19)41-5/h10-11,14-15,17,20,39H,6-9,12-13H2,1-5H3,(H,34,35)(H,37,38)/t15-,17-,20-,29?/m1/s1. The summed E-state index contributed by atoms with van der Waals surface area (Å²) in [7, 11) is 6.72. The van der Waals surface area contributed by atoms with Crippen molar-refractivity contribution in [1.82, 2.24) is 9.97 Å². The zero-order valence-electron chi connectivity index (χ0n) is 24.7. The molecule has 2 aromatic rings. The zero-order valence-corrected chi connectivity index (χ0v) is 24.7. The number of aliphatic carboxylic acids is 2. The fraction of sp³-hybridized carbons (Fsp3) is 0.517. The van der Waals surface area contributed by atoms with Crippen molar-refractivity contribution in [2.45, 2.75) is 62.7 Å². The van der Waals surface area contributed by atoms with Gasteiger partial charge in [-0.2, -0.15) is 4.98 Å². The van der Waals surface area contributed by atoms with Crippen molar-refractivity contribution in [3.05, 3.63) is 35.0 Å². The quantitative estimate of drug-likeness (QED) is 0.300. The Bertz CT molecular complexity index is 1430. The number of aliphatic hydroxyl groups is 1. The Balaban J connectivity index is 1.69. The summed E-state index contributed by atoms with van der Waals surface area (Å²) in [5.41, 5.74) is 0.0684. The number of methoxy groups -OCH3 is 2. The SMILES string of the molecule is CCOc1cc2c(cc1OC)C(c1cnc(N(C)C)nc1OC)=N[C@@H]1CC[C@@H](OC(=O)CC(O)(CC(=O)O)C(=O)O)C[C@H]21. The Kier molecular flexibility index (Phi) is 9.38. The van der Waals surface area contributed by atoms with Gasteiger partial charge in [0.05, 0.1) is 51.0 Å². The highest BCUT2D eigenvalue weighted by molar-refractivity contribution is 6.16. The number of carboxylic acids is 2. The predicted octanol–water partition coefficient (Wildman–Crippen LogP) is 2.04. The number of hydrogen-bond donors (Lipinski definition) is 3. The van der Waals surface area contributed by atoms with E-state index in [9.17, 15) is 24.6 Å². The van der Waals surface area contributed by atoms with E-state index in [-0.39, 0.29) is 12.0 Å². The third-order valence-corrected chi connectivity index (χ3v) is 7.52. The van der Waals surface area contributed by atoms with E-state index < -0.39 is 42.5 Å². The molecule has 232 valence electrons. The number of benzene rings is 1. The second-order valence-corrected chi connectivity index (χ2v) is 10.7. The van der Waals surface area contributed by atoms with E-state index >= 15 is 0 Å². The largest absolute Gasteiger partial charge is 0.493 e. The molecule has 1 saturated carbocycles. The minimum Gasteiger partial charge on any atom is -0.493 e. The van der Waals surface area contributed by atoms with Crippen molar-refractivity contribution in [2.75, 3.05) is 39.8 Å². The van der Waals surface area contributed by atoms with Crippen LogP contribution in [0.3, 0.4) is 0 Å². The molecule has 2 aliphatic rings. The summed E-state index contributed by atoms with van der Waals surface area (Å²) < 4.78 is 22.7. The Labute approximate surface area is 248 Å². The number of anilines is 1. The van der Waals surface area contributed by atoms with Crippen LogP contribution in [0.25, 0.3) is 0 Å². The van der Waals surface area contributed by atoms with Gasteiger partial charge in [0, 0.05) is 31.8 Å². The van der Waals surface area contributed by atoms with Crippen LogP contribution in [0.1, 0.15) is 61.6 Å². The van der Waals surface area contributed by atoms with Crippen molar-refractivity contribution < 1.29 is 48.7 Å². The molecule has 14 heteroatoms. The summed E-state index contributed by atoms with van der Waals surface area (Å²) in [5.74, 6) is -2.71. The molecule has 2 heterocycles. The molecule has 1 aliphatic heterocycles. The molecule has 0 bridgehead atoms. The first-order valence-corrected chi connectivity index (χ1v) is 13.8. The first-order chi connectivity index (χ1) is 20.4. The van der Waals surface area contributed by atoms with Crippen LogP contribution < -0.4 is 19.1 Å². The molecule has 14 nitrogen and oxygen atoms in total. The van der Waals surface area contributed by atoms with E-state index in [0.29, 0.717) is 60.5 Å². The predicted molar refractivity (Wildman–Crippen MR) is 152 cm³/mol. The second-order valence-electron chi connectivity index (χ2n) is 10.7. The van der Waals surface area contributed by atoms with E-state index in [4.69, 9.17) is 29.0 Å². The highest BCUT2D eigenvalue weighted by Crippen LogP contribution is 2.46. The van der Waals surface area contributed by atoms with Crippen molar-refractivity contribution in [3.63, 3.8) is 0 Å². The maximum atomic E-state index is 12.7. The van der Waals surface area contributed by atoms with E-state index in [1.165, 1.54) is 7.11 Å². The van der Waals surface area contributed by atoms with Gasteiger partial charge in [0.2, 0.25) is 11.8 Å². The molecular formula is C29H36N4O10. The topological polar surface area (TPSA) is 190 Å². The molecule has 0 spiro atoms. The lowest BCUT2D eigenvalue weighted by Gasteiger charge is -2.39. The molecule has 3 N–H and O–H groups in total. The van der Waals surface area contributed by atoms with E-state index in [1.54, 1.807) is 18.2 Å². The van der Waals surface area contributed by atoms with Gasteiger partial charge in [0.25, 0.3) is 0 Å². The Morgan fingerprint density at radius 3 is 2.40 bits per heavy atom. The first kappa shape index (κ1) is 31.5. The van der Waals surface area contributed by atoms with Crippen molar-refractivity contribution in [1.29, 1.82) is 0 Å². The van der Waals surface area contributed by atoms with Crippen molar-refractivity contribution in [2.24, 2.45) is 4.99 Å². The van der Waals surface area contributed by atoms with Gasteiger partial charge in [-0.25, -0.2) is 9.78 Å². The summed E-state index contributed by atoms with van der Waals surface area (Å²) in [6, 6.07) is 3.52. The first-order valence-electron chi connectivity index (χ1n) is 13.8. The van der Waals surface area contributed by atoms with Crippen LogP contribution in [-0.2, 0) is 19.1 Å². The minimum atomic E-state index is -2.77. The molecule has 43 heavy (non-hydrogen) atoms. The molecule has 1 fully saturated rings. The highest BCUT2D eigenvalue weighted by atomic mass is 16.5. The van der Waals surface area contributed by atoms with Gasteiger partial charge < -0.3 is 39.2 Å². The van der Waals surface area contributed by atoms with Crippen molar-refractivity contribution in [3.8, 4) is 17.4 Å². The number of hydrogen-bond acceptors (Lipinski definition) is 12. The molecule has 0 amide bonds. The third-order valence-electron chi connectivity index (χ3n) is 7.52. The van der Waals surface area contributed by atoms with Crippen LogP contribution >= 0.6 is 0 Å². The lowest BCUT2D eigenvalue weighted by molar-refractivity contribution is -0.174. The number of esters is 1. The molecule has 4 rings (SSSR count). The summed E-state index contributed by atoms with van der Waals surface area (Å²) >= 11 is 0. The number of nitrogens with zero attached hydrogens (tertiary/aromatic N) is 4. The van der Waals surface area contributed by atoms with Crippen LogP contribution in [0.2, 0.25) is 0 Å². The molecule has 0 saturated heterocycles. The number of carbonyl (C=O) groups excluding carboxylic acids is 1. The normalized spacial score (nSPS) is 20.4. The van der Waals surface area contributed by atoms with Crippen LogP contribution in [0.4, 0.5) is 5.95 Å². The van der Waals surface area contributed by atoms with E-state index in [0.717, 1.165) is 11.1 Å². The Morgan fingerprint density at radius 2 is 1.79 bits per heavy atom. The number of rotatable bonds is 12. The molecule has 1 aromatic carbocycles. The molecule has 0 radical (unpaired) electrons. The average Bonchev–Trinajstić information content (AvgIpc) is 2.95. The number of aromatic nitrogens is 2. The maximum Gasteiger partial charge on any atom is 0.336 e. The molecule has 1 unspecified atom stereocenters. The molecule has 1 aromatic heterocycles. The number of fused-ring (bicyclic) bond motifs is 3. The number of ether oxygens (including phenoxy) is 4. The summed E-state index contributed by atoms with van der Waals surface area (Å²) in [4.78, 5) is 51.2. The Morgan fingerprint density at radius 1 is 1.05 bits per heavy atom. The monoisotopic (exact) mass is 600 g/mol. The number of carboxylic acid groups (broad SMARTS) is 2. The van der Waals surface area contributed by atoms with Crippen LogP contribution in [0.5, 0.6) is 17.4 Å². The van der Waals surface area contributed by atoms with Gasteiger partial charge in [-0.05, 0) is 43.9 Å². The van der Waals surface area contributed by atoms with E-state index in [2.05, 4.69) is 9.97 Å². The molecule has 1 aliphatic carbocycles. The van der Waals surface area contributed by atoms with Gasteiger partial charge >= 0.3 is 17.9 Å². The van der Waals surface area contributed by atoms with E-state index in [1.807, 2.05) is 33.2 Å². The summed E-state index contributed by atoms with van der Waals surface area (Å²) in [5, 5.41) is 28.6. The fourth-order valence-corrected chi connectivity index (χ4v) is 5.50. The summed E-state index contributed by atoms with van der Waals surface area (Å²) in [6.45, 7) is 2.27. The fourth-order valence-electron chi connectivity index (χ4n) is 5.50. The van der Waals surface area contributed by atoms with Crippen molar-refractivity contribution >= 4 is 29.6 Å². The zero-order chi connectivity index (χ0) is 31.5. The second kappa shape index (κ2) is 12.8. The van der Waals surface area contributed by atoms with Gasteiger partial charge in [-0.3, -0.25) is 14.6 Å². The third kappa shape index (κ3) is 6.63. The lowest BCUT2D eigenvalue weighted by atomic mass is 9.74. The van der Waals surface area contributed by atoms with Gasteiger partial charge in [0.1, 0.15) is 6.10 Å². The summed E-state index contributed by atoms with van der Waals surface area (Å²) in [6.07, 6.45) is 0.228. The molecule has 4 atom stereocenters. The highest BCUT2D eigenvalue weighted by Gasteiger charge is 2.43. The molecular weight excluding hydrogens is 564 g/mol. The average molecular weight is 601 g/mol. The van der Waals surface area contributed by atoms with Crippen LogP contribution in [0, 0.1) is 0 Å².